The standard InChI is InChI=1S/C17H17N3O9S/c1-4-29-15(24)10-7(5-9(21)27-2)11(16(25)28-3)30-14(10)18-6-8-12(22)19-17(26)20-13(8)23/h6H,4-5H2,1-3H3,(H3,19,20,22,23,26)/b18-6+. The molecule has 2 aromatic rings. The number of aliphatic imine (C=N–C) groups is 1. The van der Waals surface area contributed by atoms with Crippen molar-refractivity contribution in [2.45, 2.75) is 13.3 Å². The Hall–Kier alpha value is -3.74. The predicted molar refractivity (Wildman–Crippen MR) is 104 cm³/mol. The number of esters is 3. The molecule has 12 nitrogen and oxygen atoms in total. The summed E-state index contributed by atoms with van der Waals surface area (Å²) in [7, 11) is 2.26. The molecule has 0 radical (unpaired) electrons. The first-order valence-corrected chi connectivity index (χ1v) is 9.12. The van der Waals surface area contributed by atoms with E-state index >= 15 is 0 Å². The minimum absolute atomic E-state index is 0.00341. The summed E-state index contributed by atoms with van der Waals surface area (Å²) in [6, 6.07) is 0. The molecule has 13 heteroatoms. The van der Waals surface area contributed by atoms with Crippen LogP contribution in [-0.2, 0) is 25.4 Å². The zero-order valence-electron chi connectivity index (χ0n) is 16.1. The van der Waals surface area contributed by atoms with Gasteiger partial charge in [0.1, 0.15) is 21.0 Å². The zero-order chi connectivity index (χ0) is 22.4. The predicted octanol–water partition coefficient (Wildman–Crippen LogP) is 0.260. The summed E-state index contributed by atoms with van der Waals surface area (Å²) >= 11 is 0.713. The van der Waals surface area contributed by atoms with Gasteiger partial charge in [0, 0.05) is 11.8 Å². The van der Waals surface area contributed by atoms with Crippen LogP contribution < -0.4 is 11.2 Å². The number of nitrogens with one attached hydrogen (secondary N) is 2. The molecule has 3 N–H and O–H groups in total. The van der Waals surface area contributed by atoms with Gasteiger partial charge in [-0.05, 0) is 6.92 Å². The van der Waals surface area contributed by atoms with Crippen molar-refractivity contribution in [1.82, 2.24) is 9.97 Å². The van der Waals surface area contributed by atoms with Gasteiger partial charge in [-0.3, -0.25) is 19.6 Å². The molecule has 0 unspecified atom stereocenters. The zero-order valence-corrected chi connectivity index (χ0v) is 16.9. The summed E-state index contributed by atoms with van der Waals surface area (Å²) in [6.45, 7) is 1.57. The molecular weight excluding hydrogens is 422 g/mol. The second-order valence-corrected chi connectivity index (χ2v) is 6.48. The van der Waals surface area contributed by atoms with E-state index in [-0.39, 0.29) is 27.6 Å². The maximum atomic E-state index is 12.5. The van der Waals surface area contributed by atoms with E-state index in [0.717, 1.165) is 20.4 Å². The number of aromatic hydroxyl groups is 1. The number of aromatic amines is 2. The highest BCUT2D eigenvalue weighted by Gasteiger charge is 2.30. The van der Waals surface area contributed by atoms with Gasteiger partial charge in [-0.2, -0.15) is 0 Å². The van der Waals surface area contributed by atoms with Crippen molar-refractivity contribution < 1.29 is 33.7 Å². The molecule has 2 heterocycles. The lowest BCUT2D eigenvalue weighted by Gasteiger charge is -2.06. The van der Waals surface area contributed by atoms with E-state index in [1.54, 1.807) is 6.92 Å². The number of aromatic nitrogens is 2. The SMILES string of the molecule is CCOC(=O)c1c(/N=C/c2c(O)[nH]c(=O)[nH]c2=O)sc(C(=O)OC)c1CC(=O)OC. The Morgan fingerprint density at radius 3 is 2.40 bits per heavy atom. The van der Waals surface area contributed by atoms with Gasteiger partial charge in [0.2, 0.25) is 5.88 Å². The molecule has 0 atom stereocenters. The summed E-state index contributed by atoms with van der Waals surface area (Å²) in [4.78, 5) is 67.3. The Kier molecular flexibility index (Phi) is 7.25. The van der Waals surface area contributed by atoms with Crippen LogP contribution in [0.4, 0.5) is 5.00 Å². The average molecular weight is 439 g/mol. The van der Waals surface area contributed by atoms with Gasteiger partial charge in [-0.1, -0.05) is 0 Å². The van der Waals surface area contributed by atoms with Gasteiger partial charge in [0.05, 0.1) is 27.2 Å². The first-order valence-electron chi connectivity index (χ1n) is 8.30. The molecule has 2 aromatic heterocycles. The van der Waals surface area contributed by atoms with Crippen molar-refractivity contribution >= 4 is 40.5 Å². The number of nitrogens with zero attached hydrogens (tertiary/aromatic N) is 1. The number of hydrogen-bond donors (Lipinski definition) is 3. The Morgan fingerprint density at radius 1 is 1.13 bits per heavy atom. The molecular formula is C17H17N3O9S. The lowest BCUT2D eigenvalue weighted by Crippen LogP contribution is -2.24. The minimum atomic E-state index is -0.933. The summed E-state index contributed by atoms with van der Waals surface area (Å²) in [5, 5.41) is 9.67. The smallest absolute Gasteiger partial charge is 0.348 e. The van der Waals surface area contributed by atoms with Gasteiger partial charge >= 0.3 is 23.6 Å². The second-order valence-electron chi connectivity index (χ2n) is 5.48. The number of methoxy groups -OCH3 is 2. The van der Waals surface area contributed by atoms with Crippen LogP contribution in [0.2, 0.25) is 0 Å². The molecule has 0 aromatic carbocycles. The maximum Gasteiger partial charge on any atom is 0.348 e. The third kappa shape index (κ3) is 4.81. The Balaban J connectivity index is 2.69. The van der Waals surface area contributed by atoms with Crippen LogP contribution in [0.3, 0.4) is 0 Å². The van der Waals surface area contributed by atoms with Crippen molar-refractivity contribution in [3.8, 4) is 5.88 Å². The van der Waals surface area contributed by atoms with E-state index in [4.69, 9.17) is 9.47 Å². The van der Waals surface area contributed by atoms with Crippen LogP contribution in [-0.4, -0.2) is 60.0 Å². The highest BCUT2D eigenvalue weighted by Crippen LogP contribution is 2.37. The molecule has 0 fully saturated rings. The summed E-state index contributed by atoms with van der Waals surface area (Å²) < 4.78 is 14.3. The van der Waals surface area contributed by atoms with E-state index in [0.29, 0.717) is 11.3 Å². The van der Waals surface area contributed by atoms with E-state index in [2.05, 4.69) is 9.73 Å². The molecule has 0 saturated carbocycles. The number of thiophene rings is 1. The maximum absolute atomic E-state index is 12.5. The van der Waals surface area contributed by atoms with Crippen molar-refractivity contribution in [3.63, 3.8) is 0 Å². The average Bonchev–Trinajstić information content (AvgIpc) is 3.04. The monoisotopic (exact) mass is 439 g/mol. The fourth-order valence-corrected chi connectivity index (χ4v) is 3.40. The molecule has 2 rings (SSSR count). The molecule has 30 heavy (non-hydrogen) atoms. The van der Waals surface area contributed by atoms with Crippen LogP contribution >= 0.6 is 11.3 Å². The number of carbonyl (C=O) groups is 3. The van der Waals surface area contributed by atoms with Crippen LogP contribution in [0.1, 0.15) is 38.1 Å². The van der Waals surface area contributed by atoms with Gasteiger partial charge in [0.15, 0.2) is 0 Å². The summed E-state index contributed by atoms with van der Waals surface area (Å²) in [5.74, 6) is -3.16. The molecule has 0 amide bonds. The number of H-pyrrole nitrogens is 2. The molecule has 160 valence electrons. The lowest BCUT2D eigenvalue weighted by atomic mass is 10.1. The van der Waals surface area contributed by atoms with Gasteiger partial charge in [0.25, 0.3) is 5.56 Å². The first kappa shape index (κ1) is 22.5. The normalized spacial score (nSPS) is 10.8. The third-order valence-electron chi connectivity index (χ3n) is 3.66. The van der Waals surface area contributed by atoms with Crippen LogP contribution in [0, 0.1) is 0 Å². The number of rotatable bonds is 7. The second kappa shape index (κ2) is 9.65. The largest absolute Gasteiger partial charge is 0.494 e. The van der Waals surface area contributed by atoms with E-state index < -0.39 is 47.0 Å². The van der Waals surface area contributed by atoms with Gasteiger partial charge in [-0.25, -0.2) is 19.4 Å². The molecule has 0 aliphatic carbocycles. The highest BCUT2D eigenvalue weighted by atomic mass is 32.1. The molecule has 0 bridgehead atoms. The molecule has 0 aliphatic rings. The number of ether oxygens (including phenoxy) is 3. The third-order valence-corrected chi connectivity index (χ3v) is 4.78. The first-order chi connectivity index (χ1) is 14.2. The van der Waals surface area contributed by atoms with Gasteiger partial charge in [-0.15, -0.1) is 11.3 Å². The fourth-order valence-electron chi connectivity index (χ4n) is 2.33. The highest BCUT2D eigenvalue weighted by molar-refractivity contribution is 7.18. The van der Waals surface area contributed by atoms with Gasteiger partial charge < -0.3 is 19.3 Å². The fraction of sp³-hybridized carbons (Fsp3) is 0.294. The molecule has 0 saturated heterocycles. The van der Waals surface area contributed by atoms with Crippen molar-refractivity contribution in [1.29, 1.82) is 0 Å². The van der Waals surface area contributed by atoms with Crippen LogP contribution in [0.25, 0.3) is 0 Å². The quantitative estimate of drug-likeness (QED) is 0.310. The Bertz CT molecular complexity index is 1130. The molecule has 0 aliphatic heterocycles. The number of hydrogen-bond acceptors (Lipinski definition) is 11. The van der Waals surface area contributed by atoms with E-state index in [9.17, 15) is 29.1 Å². The van der Waals surface area contributed by atoms with Crippen molar-refractivity contribution in [2.75, 3.05) is 20.8 Å². The van der Waals surface area contributed by atoms with E-state index in [1.807, 2.05) is 9.97 Å². The molecule has 0 spiro atoms. The van der Waals surface area contributed by atoms with E-state index in [1.165, 1.54) is 0 Å². The number of carbonyl (C=O) groups excluding carboxylic acids is 3. The Labute approximate surface area is 172 Å². The van der Waals surface area contributed by atoms with Crippen molar-refractivity contribution in [3.05, 3.63) is 42.4 Å². The lowest BCUT2D eigenvalue weighted by molar-refractivity contribution is -0.139. The summed E-state index contributed by atoms with van der Waals surface area (Å²) in [6.07, 6.45) is 0.452. The topological polar surface area (TPSA) is 177 Å². The van der Waals surface area contributed by atoms with Crippen LogP contribution in [0.15, 0.2) is 14.6 Å². The van der Waals surface area contributed by atoms with Crippen LogP contribution in [0.5, 0.6) is 5.88 Å². The minimum Gasteiger partial charge on any atom is -0.494 e. The Morgan fingerprint density at radius 2 is 1.83 bits per heavy atom. The summed E-state index contributed by atoms with van der Waals surface area (Å²) in [5.41, 5.74) is -2.45. The van der Waals surface area contributed by atoms with Crippen molar-refractivity contribution in [2.24, 2.45) is 4.99 Å².